The maximum Gasteiger partial charge on any atom is 0.148 e. The molecular formula is C11H21N5O. The Balaban J connectivity index is 2.70. The van der Waals surface area contributed by atoms with Crippen LogP contribution in [0.1, 0.15) is 19.4 Å². The van der Waals surface area contributed by atoms with E-state index in [1.165, 1.54) is 6.33 Å². The van der Waals surface area contributed by atoms with Crippen molar-refractivity contribution in [2.45, 2.75) is 20.3 Å². The largest absolute Gasteiger partial charge is 0.384 e. The van der Waals surface area contributed by atoms with Crippen molar-refractivity contribution in [3.8, 4) is 0 Å². The molecule has 6 heteroatoms. The summed E-state index contributed by atoms with van der Waals surface area (Å²) in [6.07, 6.45) is 2.32. The van der Waals surface area contributed by atoms with Crippen molar-refractivity contribution in [1.29, 1.82) is 0 Å². The van der Waals surface area contributed by atoms with Crippen LogP contribution in [0.3, 0.4) is 0 Å². The van der Waals surface area contributed by atoms with E-state index in [-0.39, 0.29) is 0 Å². The summed E-state index contributed by atoms with van der Waals surface area (Å²) in [6, 6.07) is 0. The zero-order valence-corrected chi connectivity index (χ0v) is 10.7. The Labute approximate surface area is 102 Å². The quantitative estimate of drug-likeness (QED) is 0.486. The SMILES string of the molecule is CCc1c(NN)ncnc1NCC(C)COC. The number of rotatable bonds is 7. The second kappa shape index (κ2) is 7.03. The maximum absolute atomic E-state index is 5.41. The molecule has 1 aromatic rings. The maximum atomic E-state index is 5.41. The van der Waals surface area contributed by atoms with E-state index in [9.17, 15) is 0 Å². The Bertz CT molecular complexity index is 345. The van der Waals surface area contributed by atoms with Gasteiger partial charge in [-0.2, -0.15) is 0 Å². The number of methoxy groups -OCH3 is 1. The number of anilines is 2. The van der Waals surface area contributed by atoms with Crippen LogP contribution >= 0.6 is 0 Å². The van der Waals surface area contributed by atoms with Crippen LogP contribution < -0.4 is 16.6 Å². The highest BCUT2D eigenvalue weighted by Gasteiger charge is 2.09. The first-order valence-electron chi connectivity index (χ1n) is 5.76. The van der Waals surface area contributed by atoms with Gasteiger partial charge in [-0.15, -0.1) is 0 Å². The molecule has 1 unspecified atom stereocenters. The fraction of sp³-hybridized carbons (Fsp3) is 0.636. The predicted molar refractivity (Wildman–Crippen MR) is 68.7 cm³/mol. The molecule has 0 saturated carbocycles. The van der Waals surface area contributed by atoms with Crippen LogP contribution in [-0.2, 0) is 11.2 Å². The lowest BCUT2D eigenvalue weighted by atomic mass is 10.2. The van der Waals surface area contributed by atoms with Crippen molar-refractivity contribution in [3.63, 3.8) is 0 Å². The first kappa shape index (κ1) is 13.7. The molecule has 4 N–H and O–H groups in total. The first-order valence-corrected chi connectivity index (χ1v) is 5.76. The Morgan fingerprint density at radius 3 is 2.71 bits per heavy atom. The summed E-state index contributed by atoms with van der Waals surface area (Å²) >= 11 is 0. The summed E-state index contributed by atoms with van der Waals surface area (Å²) in [5, 5.41) is 3.30. The van der Waals surface area contributed by atoms with Crippen molar-refractivity contribution in [2.75, 3.05) is 31.0 Å². The molecule has 1 rings (SSSR count). The molecule has 1 atom stereocenters. The Kier molecular flexibility index (Phi) is 5.65. The third-order valence-corrected chi connectivity index (χ3v) is 2.50. The average Bonchev–Trinajstić information content (AvgIpc) is 2.36. The number of nitrogens with two attached hydrogens (primary N) is 1. The summed E-state index contributed by atoms with van der Waals surface area (Å²) in [5.41, 5.74) is 3.58. The van der Waals surface area contributed by atoms with E-state index >= 15 is 0 Å². The van der Waals surface area contributed by atoms with Gasteiger partial charge < -0.3 is 15.5 Å². The number of nitrogen functional groups attached to an aromatic ring is 1. The van der Waals surface area contributed by atoms with Gasteiger partial charge >= 0.3 is 0 Å². The van der Waals surface area contributed by atoms with Gasteiger partial charge in [0.15, 0.2) is 0 Å². The highest BCUT2D eigenvalue weighted by molar-refractivity contribution is 5.56. The molecule has 0 radical (unpaired) electrons. The van der Waals surface area contributed by atoms with E-state index in [0.29, 0.717) is 11.7 Å². The van der Waals surface area contributed by atoms with Gasteiger partial charge in [0.25, 0.3) is 0 Å². The molecular weight excluding hydrogens is 218 g/mol. The van der Waals surface area contributed by atoms with Crippen molar-refractivity contribution >= 4 is 11.6 Å². The lowest BCUT2D eigenvalue weighted by molar-refractivity contribution is 0.164. The number of nitrogens with one attached hydrogen (secondary N) is 2. The average molecular weight is 239 g/mol. The molecule has 0 saturated heterocycles. The van der Waals surface area contributed by atoms with Gasteiger partial charge in [-0.25, -0.2) is 15.8 Å². The van der Waals surface area contributed by atoms with E-state index in [2.05, 4.69) is 27.6 Å². The second-order valence-corrected chi connectivity index (χ2v) is 3.99. The molecule has 0 aliphatic heterocycles. The van der Waals surface area contributed by atoms with E-state index < -0.39 is 0 Å². The van der Waals surface area contributed by atoms with Crippen LogP contribution in [0.5, 0.6) is 0 Å². The minimum atomic E-state index is 0.425. The standard InChI is InChI=1S/C11H21N5O/c1-4-9-10(13-5-8(2)6-17-3)14-7-15-11(9)16-12/h7-8H,4-6,12H2,1-3H3,(H2,13,14,15,16). The van der Waals surface area contributed by atoms with Gasteiger partial charge in [0.2, 0.25) is 0 Å². The molecule has 17 heavy (non-hydrogen) atoms. The normalized spacial score (nSPS) is 12.2. The first-order chi connectivity index (χ1) is 8.22. The predicted octanol–water partition coefficient (Wildman–Crippen LogP) is 1.02. The summed E-state index contributed by atoms with van der Waals surface area (Å²) in [6.45, 7) is 5.69. The monoisotopic (exact) mass is 239 g/mol. The molecule has 0 aliphatic rings. The zero-order valence-electron chi connectivity index (χ0n) is 10.7. The van der Waals surface area contributed by atoms with Gasteiger partial charge in [-0.3, -0.25) is 0 Å². The summed E-state index contributed by atoms with van der Waals surface area (Å²) in [4.78, 5) is 8.31. The lowest BCUT2D eigenvalue weighted by Crippen LogP contribution is -2.19. The molecule has 1 aromatic heterocycles. The third-order valence-electron chi connectivity index (χ3n) is 2.50. The second-order valence-electron chi connectivity index (χ2n) is 3.99. The molecule has 96 valence electrons. The molecule has 1 heterocycles. The van der Waals surface area contributed by atoms with Crippen LogP contribution in [0, 0.1) is 5.92 Å². The lowest BCUT2D eigenvalue weighted by Gasteiger charge is -2.15. The van der Waals surface area contributed by atoms with E-state index in [0.717, 1.165) is 31.0 Å². The molecule has 0 fully saturated rings. The molecule has 0 aromatic carbocycles. The number of hydrazine groups is 1. The topological polar surface area (TPSA) is 85.1 Å². The number of hydrogen-bond donors (Lipinski definition) is 3. The van der Waals surface area contributed by atoms with Crippen LogP contribution in [0.2, 0.25) is 0 Å². The molecule has 0 amide bonds. The van der Waals surface area contributed by atoms with Crippen LogP contribution in [0.15, 0.2) is 6.33 Å². The van der Waals surface area contributed by atoms with E-state index in [1.807, 2.05) is 6.92 Å². The smallest absolute Gasteiger partial charge is 0.148 e. The fourth-order valence-corrected chi connectivity index (χ4v) is 1.64. The highest BCUT2D eigenvalue weighted by atomic mass is 16.5. The van der Waals surface area contributed by atoms with Crippen molar-refractivity contribution < 1.29 is 4.74 Å². The number of ether oxygens (including phenoxy) is 1. The Morgan fingerprint density at radius 2 is 2.12 bits per heavy atom. The van der Waals surface area contributed by atoms with Crippen LogP contribution in [-0.4, -0.2) is 30.2 Å². The van der Waals surface area contributed by atoms with E-state index in [4.69, 9.17) is 10.6 Å². The van der Waals surface area contributed by atoms with Crippen molar-refractivity contribution in [2.24, 2.45) is 11.8 Å². The van der Waals surface area contributed by atoms with Gasteiger partial charge in [-0.1, -0.05) is 13.8 Å². The van der Waals surface area contributed by atoms with Gasteiger partial charge in [-0.05, 0) is 12.3 Å². The minimum Gasteiger partial charge on any atom is -0.384 e. The minimum absolute atomic E-state index is 0.425. The van der Waals surface area contributed by atoms with Gasteiger partial charge in [0, 0.05) is 19.2 Å². The number of hydrogen-bond acceptors (Lipinski definition) is 6. The highest BCUT2D eigenvalue weighted by Crippen LogP contribution is 2.19. The Morgan fingerprint density at radius 1 is 1.41 bits per heavy atom. The molecule has 0 aliphatic carbocycles. The van der Waals surface area contributed by atoms with Gasteiger partial charge in [0.05, 0.1) is 6.61 Å². The summed E-state index contributed by atoms with van der Waals surface area (Å²) in [7, 11) is 1.70. The summed E-state index contributed by atoms with van der Waals surface area (Å²) in [5.74, 6) is 7.34. The number of nitrogens with zero attached hydrogens (tertiary/aromatic N) is 2. The molecule has 0 spiro atoms. The zero-order chi connectivity index (χ0) is 12.7. The Hall–Kier alpha value is -1.40. The fourth-order valence-electron chi connectivity index (χ4n) is 1.64. The van der Waals surface area contributed by atoms with Crippen LogP contribution in [0.4, 0.5) is 11.6 Å². The third kappa shape index (κ3) is 3.83. The van der Waals surface area contributed by atoms with Crippen molar-refractivity contribution in [1.82, 2.24) is 9.97 Å². The van der Waals surface area contributed by atoms with Crippen molar-refractivity contribution in [3.05, 3.63) is 11.9 Å². The van der Waals surface area contributed by atoms with E-state index in [1.54, 1.807) is 7.11 Å². The number of aromatic nitrogens is 2. The summed E-state index contributed by atoms with van der Waals surface area (Å²) < 4.78 is 5.09. The van der Waals surface area contributed by atoms with Gasteiger partial charge in [0.1, 0.15) is 18.0 Å². The molecule has 0 bridgehead atoms. The molecule has 6 nitrogen and oxygen atoms in total. The van der Waals surface area contributed by atoms with Crippen LogP contribution in [0.25, 0.3) is 0 Å².